The van der Waals surface area contributed by atoms with Gasteiger partial charge in [0, 0.05) is 11.6 Å². The monoisotopic (exact) mass is 304 g/mol. The van der Waals surface area contributed by atoms with E-state index in [1.807, 2.05) is 0 Å². The van der Waals surface area contributed by atoms with Crippen molar-refractivity contribution in [3.63, 3.8) is 0 Å². The SMILES string of the molecule is CC(C)(C)OC(=O)NCC#Cc1ccc(C=O)c([N+](=O)[O-])c1. The number of nitro groups is 1. The van der Waals surface area contributed by atoms with Crippen LogP contribution < -0.4 is 5.32 Å². The normalized spacial score (nSPS) is 10.1. The number of nitro benzene ring substituents is 1. The predicted molar refractivity (Wildman–Crippen MR) is 79.6 cm³/mol. The maximum atomic E-state index is 11.4. The van der Waals surface area contributed by atoms with Gasteiger partial charge in [0.2, 0.25) is 0 Å². The largest absolute Gasteiger partial charge is 0.444 e. The number of hydrogen-bond donors (Lipinski definition) is 1. The van der Waals surface area contributed by atoms with Crippen molar-refractivity contribution in [1.82, 2.24) is 5.32 Å². The van der Waals surface area contributed by atoms with Crippen molar-refractivity contribution in [1.29, 1.82) is 0 Å². The molecule has 1 N–H and O–H groups in total. The molecule has 1 aromatic rings. The van der Waals surface area contributed by atoms with E-state index in [9.17, 15) is 19.7 Å². The second kappa shape index (κ2) is 7.22. The van der Waals surface area contributed by atoms with Crippen molar-refractivity contribution in [2.24, 2.45) is 0 Å². The second-order valence-electron chi connectivity index (χ2n) is 5.31. The van der Waals surface area contributed by atoms with Gasteiger partial charge in [-0.1, -0.05) is 11.8 Å². The summed E-state index contributed by atoms with van der Waals surface area (Å²) in [4.78, 5) is 32.2. The van der Waals surface area contributed by atoms with Crippen LogP contribution in [0.4, 0.5) is 10.5 Å². The molecule has 0 aliphatic rings. The molecule has 0 radical (unpaired) electrons. The molecule has 1 amide bonds. The summed E-state index contributed by atoms with van der Waals surface area (Å²) in [5.74, 6) is 5.32. The highest BCUT2D eigenvalue weighted by molar-refractivity contribution is 5.81. The zero-order valence-corrected chi connectivity index (χ0v) is 12.5. The minimum Gasteiger partial charge on any atom is -0.444 e. The molecular formula is C15H16N2O5. The minimum absolute atomic E-state index is 0.0116. The average Bonchev–Trinajstić information content (AvgIpc) is 2.41. The van der Waals surface area contributed by atoms with E-state index in [4.69, 9.17) is 4.74 Å². The lowest BCUT2D eigenvalue weighted by atomic mass is 10.1. The third-order valence-electron chi connectivity index (χ3n) is 2.31. The summed E-state index contributed by atoms with van der Waals surface area (Å²) in [6.07, 6.45) is -0.177. The number of benzene rings is 1. The molecular weight excluding hydrogens is 288 g/mol. The Balaban J connectivity index is 2.69. The summed E-state index contributed by atoms with van der Waals surface area (Å²) in [7, 11) is 0. The maximum Gasteiger partial charge on any atom is 0.408 e. The van der Waals surface area contributed by atoms with Crippen LogP contribution >= 0.6 is 0 Å². The van der Waals surface area contributed by atoms with E-state index in [2.05, 4.69) is 17.2 Å². The Labute approximate surface area is 127 Å². The number of ether oxygens (including phenoxy) is 1. The summed E-state index contributed by atoms with van der Waals surface area (Å²) in [5, 5.41) is 13.3. The van der Waals surface area contributed by atoms with Gasteiger partial charge in [-0.3, -0.25) is 14.9 Å². The van der Waals surface area contributed by atoms with Crippen molar-refractivity contribution in [2.45, 2.75) is 26.4 Å². The quantitative estimate of drug-likeness (QED) is 0.400. The Morgan fingerprint density at radius 2 is 2.14 bits per heavy atom. The highest BCUT2D eigenvalue weighted by Crippen LogP contribution is 2.18. The van der Waals surface area contributed by atoms with Gasteiger partial charge in [0.25, 0.3) is 5.69 Å². The maximum absolute atomic E-state index is 11.4. The third kappa shape index (κ3) is 5.63. The first-order valence-corrected chi connectivity index (χ1v) is 6.42. The Bertz CT molecular complexity index is 650. The van der Waals surface area contributed by atoms with Gasteiger partial charge in [0.15, 0.2) is 6.29 Å². The van der Waals surface area contributed by atoms with Gasteiger partial charge >= 0.3 is 6.09 Å². The van der Waals surface area contributed by atoms with Gasteiger partial charge in [-0.05, 0) is 32.9 Å². The van der Waals surface area contributed by atoms with Crippen LogP contribution in [0.15, 0.2) is 18.2 Å². The molecule has 0 heterocycles. The van der Waals surface area contributed by atoms with Gasteiger partial charge in [-0.25, -0.2) is 4.79 Å². The molecule has 0 saturated heterocycles. The van der Waals surface area contributed by atoms with E-state index in [0.29, 0.717) is 11.8 Å². The van der Waals surface area contributed by atoms with Crippen LogP contribution in [0.25, 0.3) is 0 Å². The van der Waals surface area contributed by atoms with E-state index < -0.39 is 16.6 Å². The number of carbonyl (C=O) groups is 2. The number of rotatable bonds is 3. The van der Waals surface area contributed by atoms with Crippen molar-refractivity contribution in [3.8, 4) is 11.8 Å². The zero-order chi connectivity index (χ0) is 16.8. The Morgan fingerprint density at radius 1 is 1.45 bits per heavy atom. The molecule has 0 aliphatic carbocycles. The molecule has 0 aromatic heterocycles. The number of carbonyl (C=O) groups excluding carboxylic acids is 2. The Morgan fingerprint density at radius 3 is 2.68 bits per heavy atom. The highest BCUT2D eigenvalue weighted by Gasteiger charge is 2.15. The van der Waals surface area contributed by atoms with Gasteiger partial charge < -0.3 is 10.1 Å². The van der Waals surface area contributed by atoms with E-state index in [-0.39, 0.29) is 17.8 Å². The molecule has 0 aliphatic heterocycles. The van der Waals surface area contributed by atoms with Crippen LogP contribution in [-0.4, -0.2) is 29.4 Å². The van der Waals surface area contributed by atoms with E-state index in [1.54, 1.807) is 20.8 Å². The fraction of sp³-hybridized carbons (Fsp3) is 0.333. The molecule has 0 spiro atoms. The number of amides is 1. The highest BCUT2D eigenvalue weighted by atomic mass is 16.6. The summed E-state index contributed by atoms with van der Waals surface area (Å²) in [5.41, 5.74) is -0.532. The fourth-order valence-corrected chi connectivity index (χ4v) is 1.46. The van der Waals surface area contributed by atoms with Gasteiger partial charge in [-0.15, -0.1) is 0 Å². The number of hydrogen-bond acceptors (Lipinski definition) is 5. The van der Waals surface area contributed by atoms with Crippen molar-refractivity contribution in [3.05, 3.63) is 39.4 Å². The van der Waals surface area contributed by atoms with Crippen LogP contribution in [0, 0.1) is 22.0 Å². The van der Waals surface area contributed by atoms with Crippen LogP contribution in [0.5, 0.6) is 0 Å². The molecule has 1 rings (SSSR count). The fourth-order valence-electron chi connectivity index (χ4n) is 1.46. The smallest absolute Gasteiger partial charge is 0.408 e. The van der Waals surface area contributed by atoms with Crippen molar-refractivity contribution >= 4 is 18.1 Å². The predicted octanol–water partition coefficient (Wildman–Crippen LogP) is 2.28. The molecule has 0 fully saturated rings. The molecule has 7 heteroatoms. The van der Waals surface area contributed by atoms with Gasteiger partial charge in [0.05, 0.1) is 17.0 Å². The first kappa shape index (κ1) is 17.2. The third-order valence-corrected chi connectivity index (χ3v) is 2.31. The molecule has 1 aromatic carbocycles. The van der Waals surface area contributed by atoms with E-state index in [0.717, 1.165) is 0 Å². The van der Waals surface area contributed by atoms with Crippen LogP contribution in [0.2, 0.25) is 0 Å². The van der Waals surface area contributed by atoms with Crippen LogP contribution in [0.3, 0.4) is 0 Å². The summed E-state index contributed by atoms with van der Waals surface area (Å²) >= 11 is 0. The zero-order valence-electron chi connectivity index (χ0n) is 12.5. The first-order valence-electron chi connectivity index (χ1n) is 6.42. The Hall–Kier alpha value is -2.88. The molecule has 0 saturated carbocycles. The molecule has 7 nitrogen and oxygen atoms in total. The Kier molecular flexibility index (Phi) is 5.64. The molecule has 22 heavy (non-hydrogen) atoms. The topological polar surface area (TPSA) is 98.5 Å². The summed E-state index contributed by atoms with van der Waals surface area (Å²) in [6.45, 7) is 5.27. The number of nitrogens with one attached hydrogen (secondary N) is 1. The van der Waals surface area contributed by atoms with Gasteiger partial charge in [-0.2, -0.15) is 0 Å². The van der Waals surface area contributed by atoms with Crippen LogP contribution in [-0.2, 0) is 4.74 Å². The molecule has 0 atom stereocenters. The lowest BCUT2D eigenvalue weighted by molar-refractivity contribution is -0.385. The number of alkyl carbamates (subject to hydrolysis) is 1. The molecule has 0 bridgehead atoms. The van der Waals surface area contributed by atoms with Crippen molar-refractivity contribution in [2.75, 3.05) is 6.54 Å². The lowest BCUT2D eigenvalue weighted by Gasteiger charge is -2.18. The lowest BCUT2D eigenvalue weighted by Crippen LogP contribution is -2.32. The standard InChI is InChI=1S/C15H16N2O5/c1-15(2,3)22-14(19)16-8-4-5-11-6-7-12(10-18)13(9-11)17(20)21/h6-7,9-10H,8H2,1-3H3,(H,16,19). The van der Waals surface area contributed by atoms with Crippen LogP contribution in [0.1, 0.15) is 36.7 Å². The number of aldehydes is 1. The van der Waals surface area contributed by atoms with E-state index in [1.165, 1.54) is 18.2 Å². The molecule has 116 valence electrons. The second-order valence-corrected chi connectivity index (χ2v) is 5.31. The summed E-state index contributed by atoms with van der Waals surface area (Å²) in [6, 6.07) is 4.04. The molecule has 0 unspecified atom stereocenters. The van der Waals surface area contributed by atoms with Crippen molar-refractivity contribution < 1.29 is 19.2 Å². The first-order chi connectivity index (χ1) is 10.2. The van der Waals surface area contributed by atoms with E-state index >= 15 is 0 Å². The summed E-state index contributed by atoms with van der Waals surface area (Å²) < 4.78 is 5.02. The van der Waals surface area contributed by atoms with Gasteiger partial charge in [0.1, 0.15) is 5.60 Å². The number of nitrogens with zero attached hydrogens (tertiary/aromatic N) is 1. The average molecular weight is 304 g/mol. The minimum atomic E-state index is -0.645.